The average Bonchev–Trinajstić information content (AvgIpc) is 3.05. The SMILES string of the molecule is OC[C@H]1O[C@@H](Oc2ccc(Oc3ccc(C=Cc4cc(O)cc(O)c4)cc3)cc2O[C@@H]2O[C@H](CO)[C@@H](O)[C@H](O)[C@H]2O)[C@H](O)[C@@H](O)[C@@H]1O. The molecule has 10 N–H and O–H groups in total. The molecule has 3 aromatic carbocycles. The second-order valence-electron chi connectivity index (χ2n) is 11.0. The lowest BCUT2D eigenvalue weighted by molar-refractivity contribution is -0.282. The second kappa shape index (κ2) is 14.8. The van der Waals surface area contributed by atoms with Gasteiger partial charge in [-0.25, -0.2) is 0 Å². The van der Waals surface area contributed by atoms with E-state index in [9.17, 15) is 51.1 Å². The molecule has 0 radical (unpaired) electrons. The molecule has 0 aromatic heterocycles. The van der Waals surface area contributed by atoms with Crippen LogP contribution >= 0.6 is 0 Å². The van der Waals surface area contributed by atoms with Crippen LogP contribution < -0.4 is 14.2 Å². The van der Waals surface area contributed by atoms with Gasteiger partial charge in [0.2, 0.25) is 12.6 Å². The molecule has 2 heterocycles. The van der Waals surface area contributed by atoms with Crippen LogP contribution in [-0.4, -0.2) is 126 Å². The minimum atomic E-state index is -1.78. The van der Waals surface area contributed by atoms with Crippen molar-refractivity contribution in [1.29, 1.82) is 0 Å². The molecule has 0 aliphatic carbocycles. The zero-order chi connectivity index (χ0) is 33.8. The number of aromatic hydroxyl groups is 2. The monoisotopic (exact) mass is 660 g/mol. The van der Waals surface area contributed by atoms with Gasteiger partial charge in [0.15, 0.2) is 11.5 Å². The zero-order valence-electron chi connectivity index (χ0n) is 24.6. The maximum absolute atomic E-state index is 10.5. The molecule has 2 saturated heterocycles. The van der Waals surface area contributed by atoms with Gasteiger partial charge in [0.1, 0.15) is 71.8 Å². The number of hydrogen-bond acceptors (Lipinski definition) is 15. The predicted molar refractivity (Wildman–Crippen MR) is 160 cm³/mol. The minimum Gasteiger partial charge on any atom is -0.508 e. The molecule has 3 aromatic rings. The van der Waals surface area contributed by atoms with Gasteiger partial charge >= 0.3 is 0 Å². The van der Waals surface area contributed by atoms with E-state index in [-0.39, 0.29) is 28.7 Å². The molecule has 2 fully saturated rings. The molecule has 0 amide bonds. The van der Waals surface area contributed by atoms with Crippen molar-refractivity contribution in [3.8, 4) is 34.5 Å². The van der Waals surface area contributed by atoms with Crippen molar-refractivity contribution in [2.24, 2.45) is 0 Å². The van der Waals surface area contributed by atoms with Gasteiger partial charge in [-0.05, 0) is 47.5 Å². The first-order valence-electron chi connectivity index (χ1n) is 14.5. The first kappa shape index (κ1) is 34.3. The lowest BCUT2D eigenvalue weighted by Crippen LogP contribution is -2.60. The molecule has 47 heavy (non-hydrogen) atoms. The molecule has 254 valence electrons. The Morgan fingerprint density at radius 1 is 0.532 bits per heavy atom. The lowest BCUT2D eigenvalue weighted by Gasteiger charge is -2.40. The summed E-state index contributed by atoms with van der Waals surface area (Å²) < 4.78 is 28.4. The van der Waals surface area contributed by atoms with E-state index in [1.807, 2.05) is 0 Å². The summed E-state index contributed by atoms with van der Waals surface area (Å²) in [7, 11) is 0. The van der Waals surface area contributed by atoms with Crippen LogP contribution in [0, 0.1) is 0 Å². The number of aliphatic hydroxyl groups excluding tert-OH is 8. The Balaban J connectivity index is 1.38. The molecule has 2 aliphatic heterocycles. The van der Waals surface area contributed by atoms with Gasteiger partial charge in [-0.1, -0.05) is 24.3 Å². The molecular formula is C32H36O15. The second-order valence-corrected chi connectivity index (χ2v) is 11.0. The standard InChI is InChI=1S/C32H36O15/c33-13-23-25(37)27(39)29(41)31(46-23)44-21-8-7-20(12-22(21)45-32-30(42)28(40)26(38)24(14-34)47-32)43-19-5-3-15(4-6-19)1-2-16-9-17(35)11-18(36)10-16/h1-12,23-42H,13-14H2/t23-,24-,25-,26-,27+,28+,29-,30-,31-,32-/m1/s1. The van der Waals surface area contributed by atoms with Crippen molar-refractivity contribution in [1.82, 2.24) is 0 Å². The number of rotatable bonds is 10. The van der Waals surface area contributed by atoms with Gasteiger partial charge in [-0.3, -0.25) is 0 Å². The molecule has 0 saturated carbocycles. The van der Waals surface area contributed by atoms with E-state index in [0.717, 1.165) is 5.56 Å². The van der Waals surface area contributed by atoms with Crippen molar-refractivity contribution >= 4 is 12.2 Å². The Morgan fingerprint density at radius 2 is 1.02 bits per heavy atom. The largest absolute Gasteiger partial charge is 0.508 e. The maximum Gasteiger partial charge on any atom is 0.229 e. The van der Waals surface area contributed by atoms with Crippen LogP contribution in [0.25, 0.3) is 12.2 Å². The van der Waals surface area contributed by atoms with Crippen molar-refractivity contribution in [3.05, 3.63) is 71.8 Å². The number of benzene rings is 3. The Kier molecular flexibility index (Phi) is 10.8. The van der Waals surface area contributed by atoms with Gasteiger partial charge in [0.05, 0.1) is 13.2 Å². The van der Waals surface area contributed by atoms with Gasteiger partial charge < -0.3 is 74.7 Å². The number of aliphatic hydroxyl groups is 8. The summed E-state index contributed by atoms with van der Waals surface area (Å²) in [6.07, 6.45) is -12.6. The van der Waals surface area contributed by atoms with E-state index >= 15 is 0 Å². The quantitative estimate of drug-likeness (QED) is 0.122. The van der Waals surface area contributed by atoms with Crippen molar-refractivity contribution < 1.29 is 74.7 Å². The molecule has 2 aliphatic rings. The van der Waals surface area contributed by atoms with E-state index < -0.39 is 74.6 Å². The summed E-state index contributed by atoms with van der Waals surface area (Å²) in [6, 6.07) is 15.1. The molecule has 10 atom stereocenters. The lowest BCUT2D eigenvalue weighted by atomic mass is 9.99. The van der Waals surface area contributed by atoms with E-state index in [2.05, 4.69) is 0 Å². The Hall–Kier alpha value is -4.00. The number of phenols is 2. The summed E-state index contributed by atoms with van der Waals surface area (Å²) in [6.45, 7) is -1.40. The maximum atomic E-state index is 10.5. The van der Waals surface area contributed by atoms with Crippen molar-refractivity contribution in [2.45, 2.75) is 61.4 Å². The Labute approximate surface area is 267 Å². The third kappa shape index (κ3) is 7.94. The third-order valence-electron chi connectivity index (χ3n) is 7.61. The van der Waals surface area contributed by atoms with E-state index in [1.165, 1.54) is 36.4 Å². The smallest absolute Gasteiger partial charge is 0.229 e. The van der Waals surface area contributed by atoms with E-state index in [0.29, 0.717) is 11.3 Å². The van der Waals surface area contributed by atoms with Crippen LogP contribution in [0.5, 0.6) is 34.5 Å². The van der Waals surface area contributed by atoms with Gasteiger partial charge in [-0.15, -0.1) is 0 Å². The van der Waals surface area contributed by atoms with Crippen LogP contribution in [0.4, 0.5) is 0 Å². The number of hydrogen-bond donors (Lipinski definition) is 10. The first-order chi connectivity index (χ1) is 22.5. The molecule has 15 nitrogen and oxygen atoms in total. The highest BCUT2D eigenvalue weighted by Gasteiger charge is 2.46. The number of ether oxygens (including phenoxy) is 5. The Bertz CT molecular complexity index is 1490. The highest BCUT2D eigenvalue weighted by Crippen LogP contribution is 2.38. The topological polar surface area (TPSA) is 248 Å². The molecule has 5 rings (SSSR count). The molecule has 15 heteroatoms. The fourth-order valence-corrected chi connectivity index (χ4v) is 5.01. The summed E-state index contributed by atoms with van der Waals surface area (Å²) in [5.74, 6) is 0.0958. The summed E-state index contributed by atoms with van der Waals surface area (Å²) in [4.78, 5) is 0. The van der Waals surface area contributed by atoms with Crippen LogP contribution in [0.3, 0.4) is 0 Å². The number of phenolic OH excluding ortho intramolecular Hbond substituents is 2. The molecule has 0 spiro atoms. The van der Waals surface area contributed by atoms with E-state index in [4.69, 9.17) is 23.7 Å². The predicted octanol–water partition coefficient (Wildman–Crippen LogP) is -0.582. The third-order valence-corrected chi connectivity index (χ3v) is 7.61. The van der Waals surface area contributed by atoms with Crippen molar-refractivity contribution in [3.63, 3.8) is 0 Å². The molecule has 0 unspecified atom stereocenters. The highest BCUT2D eigenvalue weighted by molar-refractivity contribution is 5.71. The molecular weight excluding hydrogens is 624 g/mol. The summed E-state index contributed by atoms with van der Waals surface area (Å²) in [5, 5.41) is 100. The Morgan fingerprint density at radius 3 is 1.55 bits per heavy atom. The fraction of sp³-hybridized carbons (Fsp3) is 0.375. The van der Waals surface area contributed by atoms with Crippen LogP contribution in [-0.2, 0) is 9.47 Å². The summed E-state index contributed by atoms with van der Waals surface area (Å²) >= 11 is 0. The highest BCUT2D eigenvalue weighted by atomic mass is 16.7. The average molecular weight is 661 g/mol. The van der Waals surface area contributed by atoms with Crippen LogP contribution in [0.2, 0.25) is 0 Å². The first-order valence-corrected chi connectivity index (χ1v) is 14.5. The van der Waals surface area contributed by atoms with Gasteiger partial charge in [-0.2, -0.15) is 0 Å². The van der Waals surface area contributed by atoms with Crippen molar-refractivity contribution in [2.75, 3.05) is 13.2 Å². The van der Waals surface area contributed by atoms with Gasteiger partial charge in [0.25, 0.3) is 0 Å². The zero-order valence-corrected chi connectivity index (χ0v) is 24.6. The molecule has 0 bridgehead atoms. The normalized spacial score (nSPS) is 31.1. The van der Waals surface area contributed by atoms with Crippen LogP contribution in [0.15, 0.2) is 60.7 Å². The summed E-state index contributed by atoms with van der Waals surface area (Å²) in [5.41, 5.74) is 1.36. The van der Waals surface area contributed by atoms with Gasteiger partial charge in [0, 0.05) is 12.1 Å². The minimum absolute atomic E-state index is 0.0760. The van der Waals surface area contributed by atoms with E-state index in [1.54, 1.807) is 36.4 Å². The fourth-order valence-electron chi connectivity index (χ4n) is 5.01. The van der Waals surface area contributed by atoms with Crippen LogP contribution in [0.1, 0.15) is 11.1 Å².